The van der Waals surface area contributed by atoms with Crippen LogP contribution in [0.25, 0.3) is 11.0 Å². The number of fused-ring (bicyclic) bond motifs is 1. The Morgan fingerprint density at radius 2 is 1.73 bits per heavy atom. The Balaban J connectivity index is 1.53. The number of nitrogens with one attached hydrogen (secondary N) is 1. The van der Waals surface area contributed by atoms with Crippen LogP contribution in [0.1, 0.15) is 52.8 Å². The van der Waals surface area contributed by atoms with Crippen LogP contribution in [0.5, 0.6) is 5.75 Å². The molecule has 0 radical (unpaired) electrons. The molecule has 3 aromatic rings. The normalized spacial score (nSPS) is 14.4. The van der Waals surface area contributed by atoms with Crippen molar-refractivity contribution in [3.63, 3.8) is 0 Å². The molecule has 1 aliphatic rings. The summed E-state index contributed by atoms with van der Waals surface area (Å²) in [6, 6.07) is 12.6. The van der Waals surface area contributed by atoms with E-state index < -0.39 is 17.5 Å². The Hall–Kier alpha value is -3.12. The van der Waals surface area contributed by atoms with Crippen LogP contribution >= 0.6 is 11.6 Å². The number of amides is 1. The highest BCUT2D eigenvalue weighted by Crippen LogP contribution is 2.22. The van der Waals surface area contributed by atoms with Crippen LogP contribution in [0, 0.1) is 0 Å². The number of esters is 1. The second-order valence-corrected chi connectivity index (χ2v) is 7.79. The Morgan fingerprint density at radius 1 is 1.00 bits per heavy atom. The Bertz CT molecular complexity index is 1150. The third kappa shape index (κ3) is 4.54. The molecule has 30 heavy (non-hydrogen) atoms. The predicted octanol–water partition coefficient (Wildman–Crippen LogP) is 4.73. The van der Waals surface area contributed by atoms with E-state index in [9.17, 15) is 14.4 Å². The van der Waals surface area contributed by atoms with Crippen molar-refractivity contribution in [3.8, 4) is 5.75 Å². The lowest BCUT2D eigenvalue weighted by Crippen LogP contribution is -2.38. The van der Waals surface area contributed by atoms with Crippen molar-refractivity contribution >= 4 is 34.4 Å². The maximum absolute atomic E-state index is 12.5. The van der Waals surface area contributed by atoms with Gasteiger partial charge in [-0.05, 0) is 55.3 Å². The zero-order valence-corrected chi connectivity index (χ0v) is 16.9. The molecular formula is C23H20ClNO5. The number of rotatable bonds is 4. The predicted molar refractivity (Wildman–Crippen MR) is 113 cm³/mol. The standard InChI is InChI=1S/C23H20ClNO5/c24-16-9-6-14(7-10-16)22(27)29-18-11-8-15-12-19(23(28)30-20(15)13-18)21(26)25-17-4-2-1-3-5-17/h6-13,17H,1-5H2,(H,25,26). The van der Waals surface area contributed by atoms with Gasteiger partial charge in [0, 0.05) is 22.5 Å². The number of halogens is 1. The van der Waals surface area contributed by atoms with Gasteiger partial charge in [0.15, 0.2) is 0 Å². The van der Waals surface area contributed by atoms with Crippen molar-refractivity contribution in [3.05, 3.63) is 75.1 Å². The molecule has 1 aromatic heterocycles. The van der Waals surface area contributed by atoms with Gasteiger partial charge in [-0.25, -0.2) is 9.59 Å². The topological polar surface area (TPSA) is 85.6 Å². The van der Waals surface area contributed by atoms with Gasteiger partial charge in [-0.15, -0.1) is 0 Å². The highest BCUT2D eigenvalue weighted by molar-refractivity contribution is 6.30. The lowest BCUT2D eigenvalue weighted by Gasteiger charge is -2.22. The fourth-order valence-corrected chi connectivity index (χ4v) is 3.70. The van der Waals surface area contributed by atoms with Crippen molar-refractivity contribution in [2.24, 2.45) is 0 Å². The summed E-state index contributed by atoms with van der Waals surface area (Å²) in [5.41, 5.74) is -0.178. The van der Waals surface area contributed by atoms with Gasteiger partial charge in [-0.1, -0.05) is 30.9 Å². The third-order valence-electron chi connectivity index (χ3n) is 5.18. The molecule has 0 atom stereocenters. The minimum absolute atomic E-state index is 0.0287. The van der Waals surface area contributed by atoms with Gasteiger partial charge >= 0.3 is 11.6 Å². The summed E-state index contributed by atoms with van der Waals surface area (Å²) >= 11 is 5.82. The van der Waals surface area contributed by atoms with E-state index in [4.69, 9.17) is 20.8 Å². The van der Waals surface area contributed by atoms with E-state index in [1.165, 1.54) is 18.6 Å². The molecule has 2 aromatic carbocycles. The first-order valence-corrected chi connectivity index (χ1v) is 10.2. The fraction of sp³-hybridized carbons (Fsp3) is 0.261. The maximum Gasteiger partial charge on any atom is 0.349 e. The molecule has 6 nitrogen and oxygen atoms in total. The van der Waals surface area contributed by atoms with E-state index in [0.29, 0.717) is 16.0 Å². The molecule has 0 saturated heterocycles. The maximum atomic E-state index is 12.5. The van der Waals surface area contributed by atoms with Crippen molar-refractivity contribution in [2.45, 2.75) is 38.1 Å². The van der Waals surface area contributed by atoms with Crippen molar-refractivity contribution < 1.29 is 18.7 Å². The summed E-state index contributed by atoms with van der Waals surface area (Å²) in [6.45, 7) is 0. The molecule has 7 heteroatoms. The monoisotopic (exact) mass is 425 g/mol. The van der Waals surface area contributed by atoms with Crippen LogP contribution < -0.4 is 15.7 Å². The number of carbonyl (C=O) groups excluding carboxylic acids is 2. The molecule has 0 bridgehead atoms. The average molecular weight is 426 g/mol. The van der Waals surface area contributed by atoms with Crippen molar-refractivity contribution in [1.29, 1.82) is 0 Å². The summed E-state index contributed by atoms with van der Waals surface area (Å²) in [5.74, 6) is -0.752. The zero-order valence-electron chi connectivity index (χ0n) is 16.2. The van der Waals surface area contributed by atoms with Gasteiger partial charge in [-0.2, -0.15) is 0 Å². The quantitative estimate of drug-likeness (QED) is 0.371. The van der Waals surface area contributed by atoms with Gasteiger partial charge in [-0.3, -0.25) is 4.79 Å². The van der Waals surface area contributed by atoms with Crippen LogP contribution in [-0.2, 0) is 0 Å². The van der Waals surface area contributed by atoms with Crippen molar-refractivity contribution in [2.75, 3.05) is 0 Å². The van der Waals surface area contributed by atoms with Gasteiger partial charge in [0.1, 0.15) is 16.9 Å². The smallest absolute Gasteiger partial charge is 0.349 e. The first kappa shape index (κ1) is 20.2. The number of benzene rings is 2. The molecule has 0 spiro atoms. The number of hydrogen-bond donors (Lipinski definition) is 1. The minimum Gasteiger partial charge on any atom is -0.423 e. The SMILES string of the molecule is O=C(Oc1ccc2cc(C(=O)NC3CCCCC3)c(=O)oc2c1)c1ccc(Cl)cc1. The Morgan fingerprint density at radius 3 is 2.47 bits per heavy atom. The number of ether oxygens (including phenoxy) is 1. The summed E-state index contributed by atoms with van der Waals surface area (Å²) < 4.78 is 10.7. The molecule has 0 unspecified atom stereocenters. The van der Waals surface area contributed by atoms with Crippen molar-refractivity contribution in [1.82, 2.24) is 5.32 Å². The van der Waals surface area contributed by atoms with E-state index in [2.05, 4.69) is 5.32 Å². The molecular weight excluding hydrogens is 406 g/mol. The van der Waals surface area contributed by atoms with Gasteiger partial charge in [0.05, 0.1) is 5.56 Å². The molecule has 1 N–H and O–H groups in total. The molecule has 1 saturated carbocycles. The molecule has 0 aliphatic heterocycles. The van der Waals surface area contributed by atoms with E-state index >= 15 is 0 Å². The summed E-state index contributed by atoms with van der Waals surface area (Å²) in [6.07, 6.45) is 5.18. The summed E-state index contributed by atoms with van der Waals surface area (Å²) in [5, 5.41) is 4.00. The van der Waals surface area contributed by atoms with E-state index in [1.54, 1.807) is 36.4 Å². The Labute approximate surface area is 177 Å². The second kappa shape index (κ2) is 8.71. The Kier molecular flexibility index (Phi) is 5.86. The van der Waals surface area contributed by atoms with E-state index in [0.717, 1.165) is 25.7 Å². The largest absolute Gasteiger partial charge is 0.423 e. The molecule has 1 fully saturated rings. The molecule has 1 amide bonds. The third-order valence-corrected chi connectivity index (χ3v) is 5.43. The van der Waals surface area contributed by atoms with E-state index in [1.807, 2.05) is 0 Å². The average Bonchev–Trinajstić information content (AvgIpc) is 2.74. The lowest BCUT2D eigenvalue weighted by molar-refractivity contribution is 0.0734. The summed E-state index contributed by atoms with van der Waals surface area (Å²) in [4.78, 5) is 37.1. The van der Waals surface area contributed by atoms with Crippen LogP contribution in [0.15, 0.2) is 57.7 Å². The zero-order chi connectivity index (χ0) is 21.1. The van der Waals surface area contributed by atoms with Gasteiger partial charge in [0.2, 0.25) is 0 Å². The molecule has 4 rings (SSSR count). The molecule has 1 aliphatic carbocycles. The van der Waals surface area contributed by atoms with Crippen LogP contribution in [0.2, 0.25) is 5.02 Å². The highest BCUT2D eigenvalue weighted by Gasteiger charge is 2.20. The number of carbonyl (C=O) groups is 2. The van der Waals surface area contributed by atoms with Crippen LogP contribution in [0.4, 0.5) is 0 Å². The minimum atomic E-state index is -0.725. The summed E-state index contributed by atoms with van der Waals surface area (Å²) in [7, 11) is 0. The van der Waals surface area contributed by atoms with E-state index in [-0.39, 0.29) is 22.9 Å². The lowest BCUT2D eigenvalue weighted by atomic mass is 9.95. The first-order chi connectivity index (χ1) is 14.5. The van der Waals surface area contributed by atoms with Crippen LogP contribution in [-0.4, -0.2) is 17.9 Å². The fourth-order valence-electron chi connectivity index (χ4n) is 3.58. The molecule has 154 valence electrons. The molecule has 1 heterocycles. The first-order valence-electron chi connectivity index (χ1n) is 9.86. The number of hydrogen-bond acceptors (Lipinski definition) is 5. The van der Waals surface area contributed by atoms with Crippen LogP contribution in [0.3, 0.4) is 0 Å². The van der Waals surface area contributed by atoms with Gasteiger partial charge in [0.25, 0.3) is 5.91 Å². The highest BCUT2D eigenvalue weighted by atomic mass is 35.5. The van der Waals surface area contributed by atoms with Gasteiger partial charge < -0.3 is 14.5 Å². The second-order valence-electron chi connectivity index (χ2n) is 7.35.